The average molecular weight is 375 g/mol. The van der Waals surface area contributed by atoms with Crippen LogP contribution in [0, 0.1) is 16.0 Å². The lowest BCUT2D eigenvalue weighted by Crippen LogP contribution is -2.43. The summed E-state index contributed by atoms with van der Waals surface area (Å²) in [7, 11) is -3.14. The fraction of sp³-hybridized carbons (Fsp3) is 0.533. The van der Waals surface area contributed by atoms with Gasteiger partial charge in [-0.15, -0.1) is 0 Å². The smallest absolute Gasteiger partial charge is 0.288 e. The summed E-state index contributed by atoms with van der Waals surface area (Å²) in [5, 5.41) is 11.0. The van der Waals surface area contributed by atoms with Gasteiger partial charge >= 0.3 is 0 Å². The van der Waals surface area contributed by atoms with Crippen LogP contribution >= 0.6 is 11.6 Å². The van der Waals surface area contributed by atoms with E-state index in [-0.39, 0.29) is 33.7 Å². The summed E-state index contributed by atoms with van der Waals surface area (Å²) in [6.45, 7) is 4.23. The molecule has 0 aromatic heterocycles. The molecule has 7 nitrogen and oxygen atoms in total. The van der Waals surface area contributed by atoms with Gasteiger partial charge in [0.1, 0.15) is 5.02 Å². The first-order chi connectivity index (χ1) is 11.1. The highest BCUT2D eigenvalue weighted by molar-refractivity contribution is 7.91. The molecular formula is C15H19ClN2O5S. The first kappa shape index (κ1) is 18.7. The van der Waals surface area contributed by atoms with E-state index in [0.29, 0.717) is 13.0 Å². The molecule has 9 heteroatoms. The lowest BCUT2D eigenvalue weighted by Gasteiger charge is -2.30. The molecule has 1 atom stereocenters. The van der Waals surface area contributed by atoms with Crippen LogP contribution in [-0.2, 0) is 9.84 Å². The molecule has 1 saturated heterocycles. The van der Waals surface area contributed by atoms with Crippen molar-refractivity contribution in [3.63, 3.8) is 0 Å². The normalized spacial score (nSPS) is 19.4. The molecule has 1 aromatic rings. The maximum Gasteiger partial charge on any atom is 0.288 e. The number of benzene rings is 1. The van der Waals surface area contributed by atoms with E-state index in [9.17, 15) is 23.3 Å². The zero-order valence-electron chi connectivity index (χ0n) is 13.4. The Morgan fingerprint density at radius 1 is 1.46 bits per heavy atom. The van der Waals surface area contributed by atoms with E-state index in [0.717, 1.165) is 6.07 Å². The monoisotopic (exact) mass is 374 g/mol. The molecule has 1 fully saturated rings. The number of nitrogens with zero attached hydrogens (tertiary/aromatic N) is 2. The van der Waals surface area contributed by atoms with E-state index >= 15 is 0 Å². The standard InChI is InChI=1S/C15H19ClN2O5S/c1-10(2)8-17(12-5-6-24(22,23)9-12)15(19)11-3-4-13(16)14(7-11)18(20)21/h3-4,7,10,12H,5-6,8-9H2,1-2H3/t12-/m0/s1. The van der Waals surface area contributed by atoms with Gasteiger partial charge in [-0.1, -0.05) is 25.4 Å². The van der Waals surface area contributed by atoms with Crippen molar-refractivity contribution in [1.29, 1.82) is 0 Å². The molecule has 24 heavy (non-hydrogen) atoms. The van der Waals surface area contributed by atoms with Crippen LogP contribution in [-0.4, -0.2) is 48.2 Å². The highest BCUT2D eigenvalue weighted by Gasteiger charge is 2.35. The highest BCUT2D eigenvalue weighted by Crippen LogP contribution is 2.27. The molecule has 1 aliphatic heterocycles. The van der Waals surface area contributed by atoms with Crippen molar-refractivity contribution in [2.24, 2.45) is 5.92 Å². The van der Waals surface area contributed by atoms with Gasteiger partial charge in [-0.2, -0.15) is 0 Å². The number of hydrogen-bond acceptors (Lipinski definition) is 5. The summed E-state index contributed by atoms with van der Waals surface area (Å²) in [6, 6.07) is 3.47. The zero-order valence-corrected chi connectivity index (χ0v) is 15.0. The van der Waals surface area contributed by atoms with Crippen LogP contribution in [0.4, 0.5) is 5.69 Å². The first-order valence-corrected chi connectivity index (χ1v) is 9.76. The Morgan fingerprint density at radius 3 is 2.62 bits per heavy atom. The number of rotatable bonds is 5. The summed E-state index contributed by atoms with van der Waals surface area (Å²) in [5.41, 5.74) is -0.206. The Morgan fingerprint density at radius 2 is 2.12 bits per heavy atom. The Labute approximate surface area is 145 Å². The topological polar surface area (TPSA) is 97.6 Å². The minimum atomic E-state index is -3.14. The Bertz CT molecular complexity index is 763. The lowest BCUT2D eigenvalue weighted by molar-refractivity contribution is -0.384. The number of sulfone groups is 1. The number of carbonyl (C=O) groups excluding carboxylic acids is 1. The van der Waals surface area contributed by atoms with E-state index in [1.54, 1.807) is 0 Å². The molecule has 0 radical (unpaired) electrons. The summed E-state index contributed by atoms with van der Waals surface area (Å²) < 4.78 is 23.5. The highest BCUT2D eigenvalue weighted by atomic mass is 35.5. The molecule has 1 aliphatic rings. The van der Waals surface area contributed by atoms with Crippen LogP contribution in [0.5, 0.6) is 0 Å². The van der Waals surface area contributed by atoms with Crippen LogP contribution in [0.3, 0.4) is 0 Å². The number of nitro benzene ring substituents is 1. The quantitative estimate of drug-likeness (QED) is 0.582. The van der Waals surface area contributed by atoms with Crippen LogP contribution in [0.1, 0.15) is 30.6 Å². The molecule has 0 saturated carbocycles. The fourth-order valence-corrected chi connectivity index (χ4v) is 4.68. The lowest BCUT2D eigenvalue weighted by atomic mass is 10.1. The molecule has 132 valence electrons. The number of carbonyl (C=O) groups is 1. The number of amides is 1. The second-order valence-corrected chi connectivity index (χ2v) is 8.97. The van der Waals surface area contributed by atoms with E-state index in [1.807, 2.05) is 13.8 Å². The average Bonchev–Trinajstić information content (AvgIpc) is 2.84. The molecule has 0 unspecified atom stereocenters. The Hall–Kier alpha value is -1.67. The predicted octanol–water partition coefficient (Wildman–Crippen LogP) is 2.53. The van der Waals surface area contributed by atoms with Crippen molar-refractivity contribution in [2.45, 2.75) is 26.3 Å². The summed E-state index contributed by atoms with van der Waals surface area (Å²) in [6.07, 6.45) is 0.385. The zero-order chi connectivity index (χ0) is 18.1. The number of hydrogen-bond donors (Lipinski definition) is 0. The van der Waals surface area contributed by atoms with Crippen LogP contribution in [0.15, 0.2) is 18.2 Å². The van der Waals surface area contributed by atoms with Crippen LogP contribution < -0.4 is 0 Å². The maximum absolute atomic E-state index is 12.8. The largest absolute Gasteiger partial charge is 0.334 e. The van der Waals surface area contributed by atoms with Gasteiger partial charge in [0, 0.05) is 24.2 Å². The van der Waals surface area contributed by atoms with Crippen molar-refractivity contribution in [3.8, 4) is 0 Å². The molecule has 1 amide bonds. The predicted molar refractivity (Wildman–Crippen MR) is 91.0 cm³/mol. The Kier molecular flexibility index (Phi) is 5.49. The van der Waals surface area contributed by atoms with Gasteiger partial charge in [0.25, 0.3) is 11.6 Å². The first-order valence-electron chi connectivity index (χ1n) is 7.56. The summed E-state index contributed by atoms with van der Waals surface area (Å²) in [5.74, 6) is -0.285. The maximum atomic E-state index is 12.8. The van der Waals surface area contributed by atoms with Crippen LogP contribution in [0.2, 0.25) is 5.02 Å². The van der Waals surface area contributed by atoms with Crippen molar-refractivity contribution < 1.29 is 18.1 Å². The second kappa shape index (κ2) is 7.06. The Balaban J connectivity index is 2.34. The van der Waals surface area contributed by atoms with E-state index in [1.165, 1.54) is 17.0 Å². The molecule has 0 aliphatic carbocycles. The van der Waals surface area contributed by atoms with Gasteiger partial charge in [0.15, 0.2) is 9.84 Å². The van der Waals surface area contributed by atoms with E-state index in [2.05, 4.69) is 0 Å². The van der Waals surface area contributed by atoms with Gasteiger partial charge in [0.05, 0.1) is 16.4 Å². The fourth-order valence-electron chi connectivity index (χ4n) is 2.76. The summed E-state index contributed by atoms with van der Waals surface area (Å²) >= 11 is 5.78. The third-order valence-electron chi connectivity index (χ3n) is 3.86. The molecule has 2 rings (SSSR count). The molecule has 1 heterocycles. The SMILES string of the molecule is CC(C)CN(C(=O)c1ccc(Cl)c([N+](=O)[O-])c1)[C@H]1CCS(=O)(=O)C1. The minimum absolute atomic E-state index is 0.0459. The number of halogens is 1. The molecule has 0 N–H and O–H groups in total. The summed E-state index contributed by atoms with van der Waals surface area (Å²) in [4.78, 5) is 24.7. The number of nitro groups is 1. The van der Waals surface area contributed by atoms with Gasteiger partial charge in [-0.3, -0.25) is 14.9 Å². The minimum Gasteiger partial charge on any atom is -0.334 e. The third-order valence-corrected chi connectivity index (χ3v) is 5.93. The van der Waals surface area contributed by atoms with Crippen LogP contribution in [0.25, 0.3) is 0 Å². The molecule has 0 spiro atoms. The molecule has 0 bridgehead atoms. The van der Waals surface area contributed by atoms with Crippen molar-refractivity contribution in [3.05, 3.63) is 38.9 Å². The van der Waals surface area contributed by atoms with Crippen molar-refractivity contribution >= 4 is 33.0 Å². The molecule has 1 aromatic carbocycles. The van der Waals surface area contributed by atoms with Gasteiger partial charge in [-0.25, -0.2) is 8.42 Å². The third kappa shape index (κ3) is 4.24. The van der Waals surface area contributed by atoms with Gasteiger partial charge in [-0.05, 0) is 24.5 Å². The van der Waals surface area contributed by atoms with Crippen molar-refractivity contribution in [2.75, 3.05) is 18.1 Å². The second-order valence-electron chi connectivity index (χ2n) is 6.33. The van der Waals surface area contributed by atoms with Gasteiger partial charge in [0.2, 0.25) is 0 Å². The van der Waals surface area contributed by atoms with Gasteiger partial charge < -0.3 is 4.90 Å². The van der Waals surface area contributed by atoms with Crippen molar-refractivity contribution in [1.82, 2.24) is 4.90 Å². The van der Waals surface area contributed by atoms with E-state index in [4.69, 9.17) is 11.6 Å². The molecular weight excluding hydrogens is 356 g/mol. The van der Waals surface area contributed by atoms with E-state index < -0.39 is 26.7 Å².